The molecule has 1 aromatic carbocycles. The second kappa shape index (κ2) is 8.76. The van der Waals surface area contributed by atoms with E-state index < -0.39 is 0 Å². The van der Waals surface area contributed by atoms with Crippen molar-refractivity contribution >= 4 is 58.1 Å². The van der Waals surface area contributed by atoms with Gasteiger partial charge in [0.1, 0.15) is 0 Å². The summed E-state index contributed by atoms with van der Waals surface area (Å²) in [4.78, 5) is 12.0. The highest BCUT2D eigenvalue weighted by atomic mass is 35.5. The number of halogens is 1. The minimum atomic E-state index is -0.0617. The zero-order valence-electron chi connectivity index (χ0n) is 12.3. The van der Waals surface area contributed by atoms with Gasteiger partial charge in [-0.05, 0) is 37.1 Å². The lowest BCUT2D eigenvalue weighted by molar-refractivity contribution is -0.113. The molecule has 0 fully saturated rings. The lowest BCUT2D eigenvalue weighted by atomic mass is 10.2. The summed E-state index contributed by atoms with van der Waals surface area (Å²) >= 11 is 10.5. The number of anilines is 1. The number of aryl methyl sites for hydroxylation is 1. The summed E-state index contributed by atoms with van der Waals surface area (Å²) in [5.74, 6) is 1.29. The summed E-state index contributed by atoms with van der Waals surface area (Å²) < 4.78 is 1.78. The second-order valence-corrected chi connectivity index (χ2v) is 8.46. The Labute approximate surface area is 147 Å². The maximum atomic E-state index is 12.0. The number of hydrogen-bond donors (Lipinski definition) is 1. The van der Waals surface area contributed by atoms with Crippen LogP contribution in [0, 0.1) is 6.92 Å². The molecule has 0 saturated heterocycles. The number of aromatic nitrogens is 2. The highest BCUT2D eigenvalue weighted by molar-refractivity contribution is 8.03. The van der Waals surface area contributed by atoms with Gasteiger partial charge in [0.15, 0.2) is 8.68 Å². The first-order chi connectivity index (χ1) is 10.6. The number of benzene rings is 1. The lowest BCUT2D eigenvalue weighted by Crippen LogP contribution is -2.14. The summed E-state index contributed by atoms with van der Waals surface area (Å²) in [5.41, 5.74) is 1.73. The number of rotatable bonds is 7. The average molecular weight is 374 g/mol. The van der Waals surface area contributed by atoms with Gasteiger partial charge in [-0.2, -0.15) is 0 Å². The van der Waals surface area contributed by atoms with E-state index in [-0.39, 0.29) is 5.91 Å². The third-order valence-corrected chi connectivity index (χ3v) is 6.24. The molecular weight excluding hydrogens is 358 g/mol. The third-order valence-electron chi connectivity index (χ3n) is 2.61. The monoisotopic (exact) mass is 373 g/mol. The van der Waals surface area contributed by atoms with Gasteiger partial charge in [0.25, 0.3) is 0 Å². The largest absolute Gasteiger partial charge is 0.325 e. The molecule has 0 atom stereocenters. The van der Waals surface area contributed by atoms with Gasteiger partial charge in [0, 0.05) is 16.5 Å². The molecular formula is C14H16ClN3OS3. The van der Waals surface area contributed by atoms with Crippen LogP contribution in [-0.4, -0.2) is 27.6 Å². The highest BCUT2D eigenvalue weighted by Crippen LogP contribution is 2.29. The summed E-state index contributed by atoms with van der Waals surface area (Å²) in [6, 6.07) is 5.40. The van der Waals surface area contributed by atoms with Crippen LogP contribution in [0.3, 0.4) is 0 Å². The summed E-state index contributed by atoms with van der Waals surface area (Å²) in [5, 5.41) is 11.7. The van der Waals surface area contributed by atoms with Crippen molar-refractivity contribution in [3.05, 3.63) is 28.8 Å². The molecule has 1 aromatic heterocycles. The number of nitrogens with zero attached hydrogens (tertiary/aromatic N) is 2. The summed E-state index contributed by atoms with van der Waals surface area (Å²) in [7, 11) is 0. The van der Waals surface area contributed by atoms with E-state index in [4.69, 9.17) is 11.6 Å². The molecule has 0 radical (unpaired) electrons. The van der Waals surface area contributed by atoms with Crippen molar-refractivity contribution in [3.8, 4) is 0 Å². The Kier molecular flexibility index (Phi) is 7.01. The molecule has 1 heterocycles. The van der Waals surface area contributed by atoms with Gasteiger partial charge in [-0.15, -0.1) is 10.2 Å². The molecule has 2 rings (SSSR count). The van der Waals surface area contributed by atoms with Crippen molar-refractivity contribution in [3.63, 3.8) is 0 Å². The Balaban J connectivity index is 1.83. The molecule has 0 saturated carbocycles. The molecule has 22 heavy (non-hydrogen) atoms. The predicted octanol–water partition coefficient (Wildman–Crippen LogP) is 4.73. The van der Waals surface area contributed by atoms with Crippen LogP contribution < -0.4 is 5.32 Å². The number of thioether (sulfide) groups is 2. The van der Waals surface area contributed by atoms with E-state index in [0.29, 0.717) is 10.8 Å². The molecule has 2 aromatic rings. The maximum absolute atomic E-state index is 12.0. The first-order valence-corrected chi connectivity index (χ1v) is 9.90. The molecule has 0 aliphatic rings. The fourth-order valence-electron chi connectivity index (χ4n) is 1.58. The smallest absolute Gasteiger partial charge is 0.234 e. The Hall–Kier alpha value is -0.760. The standard InChI is InChI=1S/C14H16ClN3OS3/c1-3-6-20-13-17-18-14(22-13)21-8-12(19)16-11-5-4-10(15)7-9(11)2/h4-5,7H,3,6,8H2,1-2H3,(H,16,19). The van der Waals surface area contributed by atoms with Crippen LogP contribution in [-0.2, 0) is 4.79 Å². The molecule has 1 amide bonds. The summed E-state index contributed by atoms with van der Waals surface area (Å²) in [6.45, 7) is 4.05. The van der Waals surface area contributed by atoms with Gasteiger partial charge in [0.2, 0.25) is 5.91 Å². The van der Waals surface area contributed by atoms with Gasteiger partial charge >= 0.3 is 0 Å². The van der Waals surface area contributed by atoms with E-state index in [2.05, 4.69) is 22.4 Å². The normalized spacial score (nSPS) is 10.7. The molecule has 1 N–H and O–H groups in total. The number of amides is 1. The van der Waals surface area contributed by atoms with Crippen LogP contribution in [0.4, 0.5) is 5.69 Å². The fourth-order valence-corrected chi connectivity index (χ4v) is 4.56. The zero-order valence-corrected chi connectivity index (χ0v) is 15.5. The molecule has 0 aliphatic carbocycles. The van der Waals surface area contributed by atoms with Crippen LogP contribution >= 0.6 is 46.5 Å². The van der Waals surface area contributed by atoms with Crippen LogP contribution in [0.15, 0.2) is 26.9 Å². The van der Waals surface area contributed by atoms with Gasteiger partial charge in [-0.1, -0.05) is 53.4 Å². The van der Waals surface area contributed by atoms with E-state index in [0.717, 1.165) is 32.1 Å². The van der Waals surface area contributed by atoms with Gasteiger partial charge in [-0.25, -0.2) is 0 Å². The lowest BCUT2D eigenvalue weighted by Gasteiger charge is -2.07. The molecule has 0 unspecified atom stereocenters. The van der Waals surface area contributed by atoms with Gasteiger partial charge in [-0.3, -0.25) is 4.79 Å². The van der Waals surface area contributed by atoms with E-state index in [9.17, 15) is 4.79 Å². The maximum Gasteiger partial charge on any atom is 0.234 e. The van der Waals surface area contributed by atoms with Crippen LogP contribution in [0.5, 0.6) is 0 Å². The van der Waals surface area contributed by atoms with E-state index in [1.807, 2.05) is 19.1 Å². The van der Waals surface area contributed by atoms with E-state index >= 15 is 0 Å². The highest BCUT2D eigenvalue weighted by Gasteiger charge is 2.09. The second-order valence-electron chi connectivity index (χ2n) is 4.48. The Bertz CT molecular complexity index is 648. The first-order valence-electron chi connectivity index (χ1n) is 6.73. The first kappa shape index (κ1) is 17.6. The van der Waals surface area contributed by atoms with Crippen molar-refractivity contribution in [2.75, 3.05) is 16.8 Å². The molecule has 0 spiro atoms. The predicted molar refractivity (Wildman–Crippen MR) is 96.5 cm³/mol. The Morgan fingerprint density at radius 2 is 2.05 bits per heavy atom. The Morgan fingerprint density at radius 3 is 2.73 bits per heavy atom. The van der Waals surface area contributed by atoms with E-state index in [1.54, 1.807) is 17.8 Å². The number of nitrogens with one attached hydrogen (secondary N) is 1. The molecule has 4 nitrogen and oxygen atoms in total. The van der Waals surface area contributed by atoms with Gasteiger partial charge in [0.05, 0.1) is 5.75 Å². The topological polar surface area (TPSA) is 54.9 Å². The zero-order chi connectivity index (χ0) is 15.9. The minimum Gasteiger partial charge on any atom is -0.325 e. The average Bonchev–Trinajstić information content (AvgIpc) is 2.94. The number of hydrogen-bond acceptors (Lipinski definition) is 6. The van der Waals surface area contributed by atoms with Crippen molar-refractivity contribution in [2.45, 2.75) is 28.9 Å². The SMILES string of the molecule is CCCSc1nnc(SCC(=O)Nc2ccc(Cl)cc2C)s1. The quantitative estimate of drug-likeness (QED) is 0.711. The van der Waals surface area contributed by atoms with Crippen LogP contribution in [0.2, 0.25) is 5.02 Å². The fraction of sp³-hybridized carbons (Fsp3) is 0.357. The summed E-state index contributed by atoms with van der Waals surface area (Å²) in [6.07, 6.45) is 1.11. The minimum absolute atomic E-state index is 0.0617. The molecule has 0 bridgehead atoms. The molecule has 8 heteroatoms. The molecule has 0 aliphatic heterocycles. The van der Waals surface area contributed by atoms with E-state index in [1.165, 1.54) is 23.1 Å². The van der Waals surface area contributed by atoms with Crippen molar-refractivity contribution in [1.29, 1.82) is 0 Å². The van der Waals surface area contributed by atoms with Crippen LogP contribution in [0.25, 0.3) is 0 Å². The van der Waals surface area contributed by atoms with Crippen LogP contribution in [0.1, 0.15) is 18.9 Å². The van der Waals surface area contributed by atoms with Crippen molar-refractivity contribution in [1.82, 2.24) is 10.2 Å². The van der Waals surface area contributed by atoms with Crippen molar-refractivity contribution < 1.29 is 4.79 Å². The number of carbonyl (C=O) groups excluding carboxylic acids is 1. The third kappa shape index (κ3) is 5.46. The van der Waals surface area contributed by atoms with Gasteiger partial charge < -0.3 is 5.32 Å². The molecule has 118 valence electrons. The number of carbonyl (C=O) groups is 1. The Morgan fingerprint density at radius 1 is 1.32 bits per heavy atom. The van der Waals surface area contributed by atoms with Crippen molar-refractivity contribution in [2.24, 2.45) is 0 Å².